The van der Waals surface area contributed by atoms with Crippen LogP contribution in [0.5, 0.6) is 5.75 Å². The van der Waals surface area contributed by atoms with Crippen molar-refractivity contribution in [3.63, 3.8) is 0 Å². The molecule has 0 unspecified atom stereocenters. The highest BCUT2D eigenvalue weighted by molar-refractivity contribution is 5.89. The first kappa shape index (κ1) is 20.1. The highest BCUT2D eigenvalue weighted by atomic mass is 19.3. The largest absolute Gasteiger partial charge is 0.429 e. The van der Waals surface area contributed by atoms with Gasteiger partial charge < -0.3 is 4.74 Å². The van der Waals surface area contributed by atoms with Gasteiger partial charge in [-0.2, -0.15) is 8.78 Å². The summed E-state index contributed by atoms with van der Waals surface area (Å²) in [5.41, 5.74) is 2.28. The molecule has 148 valence electrons. The van der Waals surface area contributed by atoms with Crippen molar-refractivity contribution in [2.75, 3.05) is 0 Å². The van der Waals surface area contributed by atoms with Crippen LogP contribution in [-0.4, -0.2) is 6.61 Å². The molecule has 0 bridgehead atoms. The minimum atomic E-state index is -3.42. The Labute approximate surface area is 159 Å². The van der Waals surface area contributed by atoms with Crippen LogP contribution in [0, 0.1) is 17.5 Å². The first-order chi connectivity index (χ1) is 13.4. The van der Waals surface area contributed by atoms with Crippen molar-refractivity contribution in [3.05, 3.63) is 65.5 Å². The third kappa shape index (κ3) is 4.26. The van der Waals surface area contributed by atoms with Gasteiger partial charge in [-0.05, 0) is 53.1 Å². The Morgan fingerprint density at radius 2 is 1.57 bits per heavy atom. The Balaban J connectivity index is 1.98. The Morgan fingerprint density at radius 1 is 0.857 bits per heavy atom. The molecule has 3 rings (SSSR count). The van der Waals surface area contributed by atoms with Crippen LogP contribution in [-0.2, 0) is 6.42 Å². The average Bonchev–Trinajstić information content (AvgIpc) is 2.65. The Bertz CT molecular complexity index is 967. The van der Waals surface area contributed by atoms with Crippen molar-refractivity contribution in [2.24, 2.45) is 0 Å². The Kier molecular flexibility index (Phi) is 6.17. The normalized spacial score (nSPS) is 11.4. The van der Waals surface area contributed by atoms with Gasteiger partial charge in [0.25, 0.3) is 0 Å². The smallest absolute Gasteiger partial charge is 0.387 e. The summed E-state index contributed by atoms with van der Waals surface area (Å²) in [7, 11) is 0. The molecule has 28 heavy (non-hydrogen) atoms. The lowest BCUT2D eigenvalue weighted by Gasteiger charge is -2.12. The van der Waals surface area contributed by atoms with Gasteiger partial charge in [-0.25, -0.2) is 13.2 Å². The number of hydrogen-bond acceptors (Lipinski definition) is 1. The van der Waals surface area contributed by atoms with E-state index in [1.165, 1.54) is 6.07 Å². The molecule has 0 N–H and O–H groups in total. The molecular weight excluding hydrogens is 375 g/mol. The van der Waals surface area contributed by atoms with Gasteiger partial charge in [0.1, 0.15) is 5.82 Å². The van der Waals surface area contributed by atoms with Crippen LogP contribution in [0.15, 0.2) is 42.5 Å². The van der Waals surface area contributed by atoms with Crippen molar-refractivity contribution in [1.82, 2.24) is 0 Å². The highest BCUT2D eigenvalue weighted by Gasteiger charge is 2.21. The predicted molar refractivity (Wildman–Crippen MR) is 99.1 cm³/mol. The summed E-state index contributed by atoms with van der Waals surface area (Å²) < 4.78 is 71.4. The van der Waals surface area contributed by atoms with Gasteiger partial charge in [-0.15, -0.1) is 0 Å². The molecule has 0 saturated heterocycles. The highest BCUT2D eigenvalue weighted by Crippen LogP contribution is 2.35. The van der Waals surface area contributed by atoms with Gasteiger partial charge in [0, 0.05) is 0 Å². The Morgan fingerprint density at radius 3 is 2.21 bits per heavy atom. The van der Waals surface area contributed by atoms with E-state index in [1.54, 1.807) is 0 Å². The zero-order chi connectivity index (χ0) is 20.3. The van der Waals surface area contributed by atoms with Crippen molar-refractivity contribution in [1.29, 1.82) is 0 Å². The molecule has 3 aromatic carbocycles. The van der Waals surface area contributed by atoms with E-state index < -0.39 is 35.2 Å². The molecule has 0 amide bonds. The standard InChI is InChI=1S/C22H19F5O/c1-2-3-4-5-13-6-8-14(9-7-13)15-10-16-12-18(24)21(28-22(26)27)20(25)19(16)17(23)11-15/h6-12,22H,2-5H2,1H3. The zero-order valence-corrected chi connectivity index (χ0v) is 15.2. The van der Waals surface area contributed by atoms with Crippen LogP contribution in [0.2, 0.25) is 0 Å². The lowest BCUT2D eigenvalue weighted by atomic mass is 9.98. The fourth-order valence-corrected chi connectivity index (χ4v) is 3.20. The minimum absolute atomic E-state index is 0.0707. The quantitative estimate of drug-likeness (QED) is 0.303. The van der Waals surface area contributed by atoms with E-state index in [0.29, 0.717) is 11.1 Å². The number of ether oxygens (including phenoxy) is 1. The van der Waals surface area contributed by atoms with Crippen LogP contribution in [0.3, 0.4) is 0 Å². The molecule has 0 heterocycles. The molecule has 0 aliphatic heterocycles. The van der Waals surface area contributed by atoms with Gasteiger partial charge in [0.2, 0.25) is 0 Å². The van der Waals surface area contributed by atoms with E-state index in [0.717, 1.165) is 43.4 Å². The second-order valence-electron chi connectivity index (χ2n) is 6.59. The van der Waals surface area contributed by atoms with Gasteiger partial charge in [-0.3, -0.25) is 0 Å². The van der Waals surface area contributed by atoms with E-state index in [1.807, 2.05) is 24.3 Å². The van der Waals surface area contributed by atoms with Crippen LogP contribution >= 0.6 is 0 Å². The maximum absolute atomic E-state index is 14.5. The minimum Gasteiger partial charge on any atom is -0.429 e. The van der Waals surface area contributed by atoms with E-state index in [-0.39, 0.29) is 5.39 Å². The second kappa shape index (κ2) is 8.59. The predicted octanol–water partition coefficient (Wildman–Crippen LogP) is 7.26. The van der Waals surface area contributed by atoms with Crippen LogP contribution in [0.1, 0.15) is 31.7 Å². The number of fused-ring (bicyclic) bond motifs is 1. The van der Waals surface area contributed by atoms with Crippen LogP contribution in [0.4, 0.5) is 22.0 Å². The molecule has 0 saturated carbocycles. The lowest BCUT2D eigenvalue weighted by Crippen LogP contribution is -2.06. The number of unbranched alkanes of at least 4 members (excludes halogenated alkanes) is 2. The Hall–Kier alpha value is -2.63. The fraction of sp³-hybridized carbons (Fsp3) is 0.273. The maximum atomic E-state index is 14.5. The summed E-state index contributed by atoms with van der Waals surface area (Å²) in [5, 5.41) is -0.657. The van der Waals surface area contributed by atoms with Crippen molar-refractivity contribution in [2.45, 2.75) is 39.2 Å². The van der Waals surface area contributed by atoms with Gasteiger partial charge in [0.05, 0.1) is 5.39 Å². The van der Waals surface area contributed by atoms with Gasteiger partial charge in [0.15, 0.2) is 17.4 Å². The molecule has 1 nitrogen and oxygen atoms in total. The van der Waals surface area contributed by atoms with E-state index in [2.05, 4.69) is 11.7 Å². The van der Waals surface area contributed by atoms with Crippen LogP contribution in [0.25, 0.3) is 21.9 Å². The molecule has 0 aromatic heterocycles. The molecular formula is C22H19F5O. The summed E-state index contributed by atoms with van der Waals surface area (Å²) in [6.07, 6.45) is 4.31. The summed E-state index contributed by atoms with van der Waals surface area (Å²) in [4.78, 5) is 0. The van der Waals surface area contributed by atoms with Gasteiger partial charge in [-0.1, -0.05) is 44.0 Å². The van der Waals surface area contributed by atoms with Crippen LogP contribution < -0.4 is 4.74 Å². The van der Waals surface area contributed by atoms with E-state index in [9.17, 15) is 22.0 Å². The maximum Gasteiger partial charge on any atom is 0.387 e. The molecule has 0 atom stereocenters. The summed E-state index contributed by atoms with van der Waals surface area (Å²) >= 11 is 0. The summed E-state index contributed by atoms with van der Waals surface area (Å²) in [5.74, 6) is -5.06. The average molecular weight is 394 g/mol. The third-order valence-electron chi connectivity index (χ3n) is 4.60. The number of benzene rings is 3. The number of alkyl halides is 2. The lowest BCUT2D eigenvalue weighted by molar-refractivity contribution is -0.0544. The van der Waals surface area contributed by atoms with E-state index >= 15 is 0 Å². The topological polar surface area (TPSA) is 9.23 Å². The molecule has 0 spiro atoms. The number of halogens is 5. The molecule has 0 radical (unpaired) electrons. The fourth-order valence-electron chi connectivity index (χ4n) is 3.20. The van der Waals surface area contributed by atoms with E-state index in [4.69, 9.17) is 0 Å². The first-order valence-corrected chi connectivity index (χ1v) is 9.06. The number of aryl methyl sites for hydroxylation is 1. The molecule has 6 heteroatoms. The SMILES string of the molecule is CCCCCc1ccc(-c2cc(F)c3c(F)c(OC(F)F)c(F)cc3c2)cc1. The number of hydrogen-bond donors (Lipinski definition) is 0. The summed E-state index contributed by atoms with van der Waals surface area (Å²) in [6, 6.07) is 10.8. The first-order valence-electron chi connectivity index (χ1n) is 9.06. The molecule has 0 aliphatic rings. The zero-order valence-electron chi connectivity index (χ0n) is 15.2. The monoisotopic (exact) mass is 394 g/mol. The van der Waals surface area contributed by atoms with Crippen molar-refractivity contribution >= 4 is 10.8 Å². The number of rotatable bonds is 7. The molecule has 3 aromatic rings. The third-order valence-corrected chi connectivity index (χ3v) is 4.60. The van der Waals surface area contributed by atoms with Crippen molar-refractivity contribution < 1.29 is 26.7 Å². The second-order valence-corrected chi connectivity index (χ2v) is 6.59. The summed E-state index contributed by atoms with van der Waals surface area (Å²) in [6.45, 7) is -1.29. The molecule has 0 fully saturated rings. The van der Waals surface area contributed by atoms with Gasteiger partial charge >= 0.3 is 6.61 Å². The van der Waals surface area contributed by atoms with Crippen molar-refractivity contribution in [3.8, 4) is 16.9 Å². The molecule has 0 aliphatic carbocycles.